The quantitative estimate of drug-likeness (QED) is 0.521. The molecule has 5 heteroatoms. The summed E-state index contributed by atoms with van der Waals surface area (Å²) in [6.45, 7) is 0. The van der Waals surface area contributed by atoms with E-state index in [4.69, 9.17) is 5.26 Å². The first-order chi connectivity index (χ1) is 4.88. The lowest BCUT2D eigenvalue weighted by atomic mass is 10.5. The van der Waals surface area contributed by atoms with Crippen LogP contribution in [0, 0.1) is 17.7 Å². The van der Waals surface area contributed by atoms with Crippen molar-refractivity contribution in [3.05, 3.63) is 12.0 Å². The van der Waals surface area contributed by atoms with Gasteiger partial charge in [-0.25, -0.2) is 0 Å². The molecule has 0 atom stereocenters. The molecule has 0 fully saturated rings. The molecule has 0 saturated heterocycles. The first kappa shape index (κ1) is 6.42. The molecule has 49 valence electrons. The van der Waals surface area contributed by atoms with Crippen molar-refractivity contribution >= 4 is 0 Å². The van der Waals surface area contributed by atoms with Gasteiger partial charge in [0.05, 0.1) is 7.11 Å². The Morgan fingerprint density at radius 1 is 1.70 bits per heavy atom. The van der Waals surface area contributed by atoms with E-state index in [1.54, 1.807) is 6.07 Å². The van der Waals surface area contributed by atoms with Crippen LogP contribution in [0.3, 0.4) is 0 Å². The van der Waals surface area contributed by atoms with E-state index in [-0.39, 0.29) is 11.6 Å². The fourth-order valence-electron chi connectivity index (χ4n) is 0.448. The summed E-state index contributed by atoms with van der Waals surface area (Å²) in [6, 6.07) is 1.77. The number of nitriles is 1. The molecule has 0 aromatic carbocycles. The van der Waals surface area contributed by atoms with Gasteiger partial charge >= 0.3 is 0 Å². The smallest absolute Gasteiger partial charge is 0.255 e. The Kier molecular flexibility index (Phi) is 1.75. The molecule has 5 nitrogen and oxygen atoms in total. The number of aromatic nitrogens is 3. The Bertz CT molecular complexity index is 267. The average Bonchev–Trinajstić information content (AvgIpc) is 2.04. The highest BCUT2D eigenvalue weighted by Crippen LogP contribution is 2.05. The molecule has 1 aromatic rings. The van der Waals surface area contributed by atoms with Gasteiger partial charge in [-0.05, 0) is 0 Å². The predicted molar refractivity (Wildman–Crippen MR) is 29.9 cm³/mol. The van der Waals surface area contributed by atoms with Crippen molar-refractivity contribution in [2.24, 2.45) is 0 Å². The highest BCUT2D eigenvalue weighted by Gasteiger charge is 2.02. The number of hydrogen-bond donors (Lipinski definition) is 0. The molecule has 0 N–H and O–H groups in total. The van der Waals surface area contributed by atoms with E-state index < -0.39 is 0 Å². The van der Waals surface area contributed by atoms with E-state index in [0.717, 1.165) is 0 Å². The Balaban J connectivity index is 3.12. The SMILES string of the molecule is COc1n[c]nnc1C#N. The van der Waals surface area contributed by atoms with E-state index in [1.165, 1.54) is 7.11 Å². The molecule has 0 aliphatic heterocycles. The van der Waals surface area contributed by atoms with Gasteiger partial charge in [-0.3, -0.25) is 0 Å². The third-order valence-corrected chi connectivity index (χ3v) is 0.848. The van der Waals surface area contributed by atoms with Gasteiger partial charge in [-0.2, -0.15) is 10.2 Å². The zero-order valence-corrected chi connectivity index (χ0v) is 5.20. The van der Waals surface area contributed by atoms with Crippen LogP contribution in [-0.4, -0.2) is 22.3 Å². The van der Waals surface area contributed by atoms with Crippen LogP contribution < -0.4 is 4.74 Å². The lowest BCUT2D eigenvalue weighted by Crippen LogP contribution is -1.96. The standard InChI is InChI=1S/C5H3N4O/c1-10-5-4(2-6)9-8-3-7-5/h1H3. The zero-order valence-electron chi connectivity index (χ0n) is 5.20. The van der Waals surface area contributed by atoms with Crippen LogP contribution in [0.15, 0.2) is 0 Å². The van der Waals surface area contributed by atoms with Gasteiger partial charge in [-0.15, -0.1) is 10.2 Å². The lowest BCUT2D eigenvalue weighted by Gasteiger charge is -1.94. The highest BCUT2D eigenvalue weighted by molar-refractivity contribution is 5.28. The normalized spacial score (nSPS) is 8.40. The summed E-state index contributed by atoms with van der Waals surface area (Å²) >= 11 is 0. The third kappa shape index (κ3) is 1.00. The topological polar surface area (TPSA) is 71.7 Å². The fraction of sp³-hybridized carbons (Fsp3) is 0.200. The molecule has 1 rings (SSSR count). The third-order valence-electron chi connectivity index (χ3n) is 0.848. The van der Waals surface area contributed by atoms with Gasteiger partial charge in [0.25, 0.3) is 5.88 Å². The van der Waals surface area contributed by atoms with Crippen LogP contribution in [0.25, 0.3) is 0 Å². The first-order valence-corrected chi connectivity index (χ1v) is 2.43. The number of rotatable bonds is 1. The molecular weight excluding hydrogens is 132 g/mol. The second kappa shape index (κ2) is 2.73. The van der Waals surface area contributed by atoms with Crippen molar-refractivity contribution in [3.8, 4) is 11.9 Å². The van der Waals surface area contributed by atoms with Crippen LogP contribution in [0.2, 0.25) is 0 Å². The highest BCUT2D eigenvalue weighted by atomic mass is 16.5. The van der Waals surface area contributed by atoms with Crippen molar-refractivity contribution in [2.75, 3.05) is 7.11 Å². The van der Waals surface area contributed by atoms with Crippen molar-refractivity contribution in [1.82, 2.24) is 15.2 Å². The zero-order chi connectivity index (χ0) is 7.40. The molecule has 1 aromatic heterocycles. The van der Waals surface area contributed by atoms with Crippen molar-refractivity contribution in [2.45, 2.75) is 0 Å². The predicted octanol–water partition coefficient (Wildman–Crippen LogP) is -0.448. The number of nitrogens with zero attached hydrogens (tertiary/aromatic N) is 4. The van der Waals surface area contributed by atoms with Crippen LogP contribution in [0.1, 0.15) is 5.69 Å². The van der Waals surface area contributed by atoms with Gasteiger partial charge in [0, 0.05) is 0 Å². The van der Waals surface area contributed by atoms with Gasteiger partial charge < -0.3 is 4.74 Å². The van der Waals surface area contributed by atoms with E-state index in [0.29, 0.717) is 0 Å². The van der Waals surface area contributed by atoms with Crippen LogP contribution in [0.4, 0.5) is 0 Å². The van der Waals surface area contributed by atoms with Crippen LogP contribution in [-0.2, 0) is 0 Å². The Morgan fingerprint density at radius 2 is 2.50 bits per heavy atom. The molecule has 0 aliphatic rings. The summed E-state index contributed by atoms with van der Waals surface area (Å²) < 4.78 is 4.67. The fourth-order valence-corrected chi connectivity index (χ4v) is 0.448. The molecule has 0 bridgehead atoms. The molecule has 0 spiro atoms. The average molecular weight is 135 g/mol. The molecule has 0 aliphatic carbocycles. The molecule has 1 radical (unpaired) electrons. The minimum Gasteiger partial charge on any atom is -0.479 e. The van der Waals surface area contributed by atoms with Crippen molar-refractivity contribution < 1.29 is 4.74 Å². The molecule has 0 unspecified atom stereocenters. The summed E-state index contributed by atoms with van der Waals surface area (Å²) in [6.07, 6.45) is 2.20. The van der Waals surface area contributed by atoms with Crippen molar-refractivity contribution in [1.29, 1.82) is 5.26 Å². The molecule has 1 heterocycles. The van der Waals surface area contributed by atoms with E-state index in [9.17, 15) is 0 Å². The summed E-state index contributed by atoms with van der Waals surface area (Å²) in [5.74, 6) is 0.150. The number of methoxy groups -OCH3 is 1. The number of hydrogen-bond acceptors (Lipinski definition) is 5. The summed E-state index contributed by atoms with van der Waals surface area (Å²) in [5.41, 5.74) is 0.0706. The number of ether oxygens (including phenoxy) is 1. The van der Waals surface area contributed by atoms with Crippen LogP contribution in [0.5, 0.6) is 5.88 Å². The van der Waals surface area contributed by atoms with Crippen LogP contribution >= 0.6 is 0 Å². The monoisotopic (exact) mass is 135 g/mol. The van der Waals surface area contributed by atoms with E-state index in [2.05, 4.69) is 26.2 Å². The Labute approximate surface area is 57.3 Å². The Morgan fingerprint density at radius 3 is 3.00 bits per heavy atom. The second-order valence-corrected chi connectivity index (χ2v) is 1.38. The minimum absolute atomic E-state index is 0.0706. The van der Waals surface area contributed by atoms with Gasteiger partial charge in [0.15, 0.2) is 0 Å². The first-order valence-electron chi connectivity index (χ1n) is 2.43. The summed E-state index contributed by atoms with van der Waals surface area (Å²) in [4.78, 5) is 3.52. The van der Waals surface area contributed by atoms with Gasteiger partial charge in [0.2, 0.25) is 12.0 Å². The maximum absolute atomic E-state index is 8.36. The maximum Gasteiger partial charge on any atom is 0.255 e. The maximum atomic E-state index is 8.36. The van der Waals surface area contributed by atoms with E-state index >= 15 is 0 Å². The molecule has 0 amide bonds. The molecule has 10 heavy (non-hydrogen) atoms. The van der Waals surface area contributed by atoms with E-state index in [1.807, 2.05) is 0 Å². The molecular formula is C5H3N4O. The second-order valence-electron chi connectivity index (χ2n) is 1.38. The lowest BCUT2D eigenvalue weighted by molar-refractivity contribution is 0.391. The summed E-state index contributed by atoms with van der Waals surface area (Å²) in [5, 5.41) is 15.1. The summed E-state index contributed by atoms with van der Waals surface area (Å²) in [7, 11) is 1.40. The van der Waals surface area contributed by atoms with Gasteiger partial charge in [-0.1, -0.05) is 0 Å². The van der Waals surface area contributed by atoms with Crippen molar-refractivity contribution in [3.63, 3.8) is 0 Å². The largest absolute Gasteiger partial charge is 0.479 e. The Hall–Kier alpha value is -1.70. The van der Waals surface area contributed by atoms with Gasteiger partial charge in [0.1, 0.15) is 6.07 Å². The minimum atomic E-state index is 0.0706. The molecule has 0 saturated carbocycles.